The lowest BCUT2D eigenvalue weighted by atomic mass is 9.74. The highest BCUT2D eigenvalue weighted by molar-refractivity contribution is 7.81. The maximum Gasteiger partial charge on any atom is 0.109 e. The van der Waals surface area contributed by atoms with E-state index in [2.05, 4.69) is 99.1 Å². The number of nitrogens with one attached hydrogen (secondary N) is 3. The van der Waals surface area contributed by atoms with Gasteiger partial charge < -0.3 is 10.6 Å². The third kappa shape index (κ3) is 14.0. The summed E-state index contributed by atoms with van der Waals surface area (Å²) in [6, 6.07) is 4.33. The largest absolute Gasteiger partial charge is 0.386 e. The van der Waals surface area contributed by atoms with Gasteiger partial charge >= 0.3 is 0 Å². The molecule has 45 heavy (non-hydrogen) atoms. The van der Waals surface area contributed by atoms with Crippen molar-refractivity contribution in [2.45, 2.75) is 130 Å². The molecule has 0 aliphatic heterocycles. The van der Waals surface area contributed by atoms with Crippen LogP contribution < -0.4 is 10.6 Å². The minimum atomic E-state index is 0.412. The summed E-state index contributed by atoms with van der Waals surface area (Å²) in [6.07, 6.45) is 26.9. The van der Waals surface area contributed by atoms with Gasteiger partial charge in [-0.15, -0.1) is 0 Å². The van der Waals surface area contributed by atoms with Crippen molar-refractivity contribution < 1.29 is 0 Å². The van der Waals surface area contributed by atoms with Crippen LogP contribution in [-0.4, -0.2) is 25.9 Å². The summed E-state index contributed by atoms with van der Waals surface area (Å²) < 4.78 is 0. The third-order valence-electron chi connectivity index (χ3n) is 9.68. The first-order valence-corrected chi connectivity index (χ1v) is 18.6. The van der Waals surface area contributed by atoms with Gasteiger partial charge in [-0.05, 0) is 105 Å². The summed E-state index contributed by atoms with van der Waals surface area (Å²) in [5.74, 6) is 3.14. The molecule has 0 spiro atoms. The molecule has 2 aliphatic carbocycles. The molecule has 1 saturated carbocycles. The first kappa shape index (κ1) is 40.9. The van der Waals surface area contributed by atoms with E-state index in [-0.39, 0.29) is 0 Å². The zero-order valence-electron chi connectivity index (χ0n) is 30.2. The first-order valence-electron chi connectivity index (χ1n) is 18.0. The Hall–Kier alpha value is -2.11. The summed E-state index contributed by atoms with van der Waals surface area (Å²) in [4.78, 5) is 0. The molecular formula is C40H68N4S. The molecule has 1 aromatic rings. The van der Waals surface area contributed by atoms with Crippen molar-refractivity contribution in [1.82, 2.24) is 5.32 Å². The van der Waals surface area contributed by atoms with Crippen LogP contribution in [0.5, 0.6) is 0 Å². The Morgan fingerprint density at radius 3 is 2.29 bits per heavy atom. The summed E-state index contributed by atoms with van der Waals surface area (Å²) in [5, 5.41) is 10.7. The molecule has 5 unspecified atom stereocenters. The number of rotatable bonds is 12. The maximum atomic E-state index is 7.53. The Labute approximate surface area is 284 Å². The van der Waals surface area contributed by atoms with Crippen molar-refractivity contribution in [3.63, 3.8) is 0 Å². The van der Waals surface area contributed by atoms with Gasteiger partial charge in [0.25, 0.3) is 0 Å². The van der Waals surface area contributed by atoms with Crippen LogP contribution in [0.15, 0.2) is 65.4 Å². The molecule has 0 saturated heterocycles. The molecule has 4 nitrogen and oxygen atoms in total. The summed E-state index contributed by atoms with van der Waals surface area (Å²) in [5.41, 5.74) is 14.3. The predicted octanol–water partition coefficient (Wildman–Crippen LogP) is 12.4. The standard InChI is InChI=1S/C22H34N4.C16H28S.C2H6/c1-7-10-16(4)19(15-24-5)12-11-17(8-2)20-13-18(9-3)22(25-6)21(14-20)26-23;1-13-7-5-3-2-4-6-8-16(13)14-9-11-15(17)12-10-14;1-2/h7,10,12-14,17,23-25H,1,8-9,11,15H2,2-6H3;9,11,13-17H,2-8,10,12H2,1H3;1-2H3/b16-10-,19-12-,26-23?;;. The number of likely N-dealkylation sites (N-methyl/N-ethyl adjacent to an activating group) is 1. The van der Waals surface area contributed by atoms with E-state index in [4.69, 9.17) is 5.53 Å². The van der Waals surface area contributed by atoms with E-state index in [9.17, 15) is 0 Å². The maximum absolute atomic E-state index is 7.53. The van der Waals surface area contributed by atoms with Crippen LogP contribution in [0.25, 0.3) is 0 Å². The van der Waals surface area contributed by atoms with Crippen molar-refractivity contribution in [2.75, 3.05) is 26.0 Å². The normalized spacial score (nSPS) is 23.1. The van der Waals surface area contributed by atoms with Gasteiger partial charge in [-0.25, -0.2) is 5.53 Å². The molecule has 3 rings (SSSR count). The summed E-state index contributed by atoms with van der Waals surface area (Å²) in [6.45, 7) is 17.6. The first-order chi connectivity index (χ1) is 21.8. The van der Waals surface area contributed by atoms with Gasteiger partial charge in [0.05, 0.1) is 5.69 Å². The Bertz CT molecular complexity index is 1070. The fourth-order valence-electron chi connectivity index (χ4n) is 6.97. The van der Waals surface area contributed by atoms with Crippen LogP contribution in [0.1, 0.15) is 129 Å². The number of benzene rings is 1. The van der Waals surface area contributed by atoms with E-state index in [0.717, 1.165) is 54.9 Å². The number of hydrogen-bond donors (Lipinski definition) is 4. The number of hydrogen-bond acceptors (Lipinski definition) is 5. The fourth-order valence-corrected chi connectivity index (χ4v) is 7.21. The highest BCUT2D eigenvalue weighted by atomic mass is 32.1. The van der Waals surface area contributed by atoms with E-state index in [1.165, 1.54) is 80.1 Å². The van der Waals surface area contributed by atoms with Crippen LogP contribution in [0.3, 0.4) is 0 Å². The second-order valence-corrected chi connectivity index (χ2v) is 13.3. The molecule has 1 fully saturated rings. The summed E-state index contributed by atoms with van der Waals surface area (Å²) in [7, 11) is 3.86. The van der Waals surface area contributed by atoms with Crippen molar-refractivity contribution in [3.8, 4) is 0 Å². The van der Waals surface area contributed by atoms with Gasteiger partial charge in [0.15, 0.2) is 0 Å². The second kappa shape index (κ2) is 24.1. The lowest BCUT2D eigenvalue weighted by Crippen LogP contribution is -2.23. The Kier molecular flexibility index (Phi) is 21.9. The monoisotopic (exact) mass is 637 g/mol. The van der Waals surface area contributed by atoms with Crippen LogP contribution in [-0.2, 0) is 6.42 Å². The van der Waals surface area contributed by atoms with Gasteiger partial charge in [0.1, 0.15) is 5.69 Å². The SMILES string of the molecule is C=C/C=C(C)\C(=C/CC(CC)c1cc(CC)c(NC)c(N=N)c1)CNC.CC.CC1CCCCCCCC1C1C=CC(S)CC1. The average Bonchev–Trinajstić information content (AvgIpc) is 3.17. The van der Waals surface area contributed by atoms with Crippen molar-refractivity contribution in [3.05, 3.63) is 71.4 Å². The Balaban J connectivity index is 0.000000458. The van der Waals surface area contributed by atoms with E-state index < -0.39 is 0 Å². The number of anilines is 1. The van der Waals surface area contributed by atoms with Crippen LogP contribution in [0, 0.1) is 23.3 Å². The fraction of sp³-hybridized carbons (Fsp3) is 0.650. The molecule has 0 radical (unpaired) electrons. The van der Waals surface area contributed by atoms with Gasteiger partial charge in [0, 0.05) is 18.8 Å². The van der Waals surface area contributed by atoms with Crippen LogP contribution in [0.2, 0.25) is 0 Å². The zero-order valence-corrected chi connectivity index (χ0v) is 31.1. The van der Waals surface area contributed by atoms with Gasteiger partial charge in [0.2, 0.25) is 0 Å². The van der Waals surface area contributed by atoms with Crippen LogP contribution in [0.4, 0.5) is 11.4 Å². The van der Waals surface area contributed by atoms with Gasteiger partial charge in [-0.2, -0.15) is 17.7 Å². The highest BCUT2D eigenvalue weighted by Gasteiger charge is 2.27. The molecule has 5 heteroatoms. The number of thiol groups is 1. The van der Waals surface area contributed by atoms with E-state index >= 15 is 0 Å². The topological polar surface area (TPSA) is 60.3 Å². The number of nitrogens with zero attached hydrogens (tertiary/aromatic N) is 1. The smallest absolute Gasteiger partial charge is 0.109 e. The molecule has 0 aromatic heterocycles. The van der Waals surface area contributed by atoms with E-state index in [0.29, 0.717) is 11.2 Å². The summed E-state index contributed by atoms with van der Waals surface area (Å²) >= 11 is 4.56. The van der Waals surface area contributed by atoms with Crippen LogP contribution >= 0.6 is 12.6 Å². The second-order valence-electron chi connectivity index (χ2n) is 12.7. The Morgan fingerprint density at radius 1 is 1.04 bits per heavy atom. The molecule has 5 atom stereocenters. The molecule has 2 aliphatic rings. The molecule has 1 aromatic carbocycles. The van der Waals surface area contributed by atoms with Crippen molar-refractivity contribution in [1.29, 1.82) is 5.53 Å². The van der Waals surface area contributed by atoms with Crippen molar-refractivity contribution >= 4 is 24.0 Å². The third-order valence-corrected chi connectivity index (χ3v) is 10.1. The molecule has 0 bridgehead atoms. The molecule has 254 valence electrons. The predicted molar refractivity (Wildman–Crippen MR) is 205 cm³/mol. The lowest BCUT2D eigenvalue weighted by molar-refractivity contribution is 0.230. The van der Waals surface area contributed by atoms with Gasteiger partial charge in [-0.3, -0.25) is 0 Å². The molecule has 3 N–H and O–H groups in total. The number of allylic oxidation sites excluding steroid dienone is 4. The molecular weight excluding hydrogens is 569 g/mol. The Morgan fingerprint density at radius 2 is 1.73 bits per heavy atom. The highest BCUT2D eigenvalue weighted by Crippen LogP contribution is 2.38. The van der Waals surface area contributed by atoms with E-state index in [1.807, 2.05) is 34.0 Å². The molecule has 0 amide bonds. The van der Waals surface area contributed by atoms with Crippen molar-refractivity contribution in [2.24, 2.45) is 22.9 Å². The number of aryl methyl sites for hydroxylation is 1. The zero-order chi connectivity index (χ0) is 33.6. The van der Waals surface area contributed by atoms with Gasteiger partial charge in [-0.1, -0.05) is 116 Å². The lowest BCUT2D eigenvalue weighted by Gasteiger charge is -2.32. The average molecular weight is 637 g/mol. The molecule has 0 heterocycles. The minimum Gasteiger partial charge on any atom is -0.386 e. The van der Waals surface area contributed by atoms with E-state index in [1.54, 1.807) is 0 Å². The quantitative estimate of drug-likeness (QED) is 0.0798. The minimum absolute atomic E-state index is 0.412.